The van der Waals surface area contributed by atoms with Crippen molar-refractivity contribution in [2.45, 2.75) is 50.6 Å². The summed E-state index contributed by atoms with van der Waals surface area (Å²) in [6.07, 6.45) is 1.86. The molecule has 0 spiro atoms. The number of rotatable bonds is 2. The van der Waals surface area contributed by atoms with Crippen molar-refractivity contribution in [1.29, 1.82) is 0 Å². The summed E-state index contributed by atoms with van der Waals surface area (Å²) in [6, 6.07) is 0. The second kappa shape index (κ2) is 3.49. The van der Waals surface area contributed by atoms with E-state index in [9.17, 15) is 0 Å². The molecule has 14 heavy (non-hydrogen) atoms. The summed E-state index contributed by atoms with van der Waals surface area (Å²) in [5.74, 6) is 0.278. The molecule has 2 aliphatic heterocycles. The average molecular weight is 199 g/mol. The van der Waals surface area contributed by atoms with Gasteiger partial charge in [-0.1, -0.05) is 6.32 Å². The van der Waals surface area contributed by atoms with Gasteiger partial charge in [-0.3, -0.25) is 0 Å². The van der Waals surface area contributed by atoms with Crippen LogP contribution in [0.1, 0.15) is 20.3 Å². The van der Waals surface area contributed by atoms with E-state index in [1.165, 1.54) is 0 Å². The predicted molar refractivity (Wildman–Crippen MR) is 54.0 cm³/mol. The SMILES string of the molecule is BCC1OC(NO)C2CC(C)(C)OC12. The molecule has 0 amide bonds. The highest BCUT2D eigenvalue weighted by atomic mass is 16.6. The Morgan fingerprint density at radius 3 is 2.86 bits per heavy atom. The minimum absolute atomic E-state index is 0.0817. The highest BCUT2D eigenvalue weighted by molar-refractivity contribution is 6.08. The van der Waals surface area contributed by atoms with Gasteiger partial charge in [0, 0.05) is 5.92 Å². The highest BCUT2D eigenvalue weighted by Gasteiger charge is 2.52. The fourth-order valence-corrected chi connectivity index (χ4v) is 2.64. The van der Waals surface area contributed by atoms with Crippen molar-refractivity contribution in [3.8, 4) is 0 Å². The standard InChI is InChI=1S/C9H18BNO3/c1-9(2)3-5-7(14-9)6(4-10)13-8(5)11-12/h5-8,11-12H,3-4,10H2,1-2H3. The fourth-order valence-electron chi connectivity index (χ4n) is 2.64. The number of ether oxygens (including phenoxy) is 2. The summed E-state index contributed by atoms with van der Waals surface area (Å²) >= 11 is 0. The van der Waals surface area contributed by atoms with Crippen molar-refractivity contribution in [3.05, 3.63) is 0 Å². The van der Waals surface area contributed by atoms with Gasteiger partial charge in [0.2, 0.25) is 0 Å². The Morgan fingerprint density at radius 2 is 2.29 bits per heavy atom. The fraction of sp³-hybridized carbons (Fsp3) is 1.00. The van der Waals surface area contributed by atoms with Gasteiger partial charge in [0.1, 0.15) is 14.1 Å². The van der Waals surface area contributed by atoms with Gasteiger partial charge >= 0.3 is 0 Å². The van der Waals surface area contributed by atoms with Gasteiger partial charge in [0.15, 0.2) is 0 Å². The van der Waals surface area contributed by atoms with Crippen molar-refractivity contribution in [3.63, 3.8) is 0 Å². The van der Waals surface area contributed by atoms with E-state index in [0.29, 0.717) is 0 Å². The van der Waals surface area contributed by atoms with E-state index in [1.807, 2.05) is 0 Å². The highest BCUT2D eigenvalue weighted by Crippen LogP contribution is 2.44. The molecule has 80 valence electrons. The number of hydroxylamine groups is 1. The molecule has 2 aliphatic rings. The van der Waals surface area contributed by atoms with E-state index in [4.69, 9.17) is 14.7 Å². The molecule has 2 fully saturated rings. The van der Waals surface area contributed by atoms with Crippen LogP contribution in [0, 0.1) is 5.92 Å². The first-order valence-electron chi connectivity index (χ1n) is 5.30. The normalized spacial score (nSPS) is 45.4. The molecule has 2 N–H and O–H groups in total. The van der Waals surface area contributed by atoms with Crippen molar-refractivity contribution < 1.29 is 14.7 Å². The lowest BCUT2D eigenvalue weighted by atomic mass is 9.89. The lowest BCUT2D eigenvalue weighted by Crippen LogP contribution is -2.33. The first kappa shape index (κ1) is 10.4. The first-order chi connectivity index (χ1) is 6.57. The third-order valence-corrected chi connectivity index (χ3v) is 3.21. The summed E-state index contributed by atoms with van der Waals surface area (Å²) in [4.78, 5) is 0. The van der Waals surface area contributed by atoms with E-state index < -0.39 is 0 Å². The monoisotopic (exact) mass is 199 g/mol. The van der Waals surface area contributed by atoms with Crippen LogP contribution in [0.2, 0.25) is 6.32 Å². The summed E-state index contributed by atoms with van der Waals surface area (Å²) in [5.41, 5.74) is 2.15. The maximum absolute atomic E-state index is 8.97. The van der Waals surface area contributed by atoms with E-state index in [2.05, 4.69) is 27.2 Å². The van der Waals surface area contributed by atoms with Crippen molar-refractivity contribution in [2.24, 2.45) is 5.92 Å². The molecule has 4 atom stereocenters. The Kier molecular flexibility index (Phi) is 2.60. The second-order valence-electron chi connectivity index (χ2n) is 4.84. The number of hydrogen-bond acceptors (Lipinski definition) is 4. The molecular weight excluding hydrogens is 181 g/mol. The molecule has 0 aromatic rings. The van der Waals surface area contributed by atoms with E-state index in [0.717, 1.165) is 12.7 Å². The zero-order valence-electron chi connectivity index (χ0n) is 8.99. The van der Waals surface area contributed by atoms with Gasteiger partial charge in [-0.05, 0) is 20.3 Å². The molecule has 0 saturated carbocycles. The quantitative estimate of drug-likeness (QED) is 0.482. The minimum atomic E-state index is -0.258. The predicted octanol–water partition coefficient (Wildman–Crippen LogP) is -0.0748. The van der Waals surface area contributed by atoms with Crippen LogP contribution in [0.15, 0.2) is 0 Å². The van der Waals surface area contributed by atoms with E-state index >= 15 is 0 Å². The topological polar surface area (TPSA) is 50.7 Å². The number of fused-ring (bicyclic) bond motifs is 1. The second-order valence-corrected chi connectivity index (χ2v) is 4.84. The van der Waals surface area contributed by atoms with Crippen LogP contribution >= 0.6 is 0 Å². The molecule has 0 aliphatic carbocycles. The Hall–Kier alpha value is -0.0951. The third kappa shape index (κ3) is 1.58. The maximum atomic E-state index is 8.97. The molecule has 0 aromatic carbocycles. The molecule has 0 aromatic heterocycles. The molecule has 4 unspecified atom stereocenters. The number of nitrogens with one attached hydrogen (secondary N) is 1. The van der Waals surface area contributed by atoms with Gasteiger partial charge in [-0.25, -0.2) is 0 Å². The molecule has 4 nitrogen and oxygen atoms in total. The largest absolute Gasteiger partial charge is 0.369 e. The molecular formula is C9H18BNO3. The van der Waals surface area contributed by atoms with Crippen LogP contribution in [0.3, 0.4) is 0 Å². The Morgan fingerprint density at radius 1 is 1.57 bits per heavy atom. The van der Waals surface area contributed by atoms with Gasteiger partial charge < -0.3 is 14.7 Å². The summed E-state index contributed by atoms with van der Waals surface area (Å²) in [6.45, 7) is 4.18. The zero-order valence-corrected chi connectivity index (χ0v) is 8.99. The van der Waals surface area contributed by atoms with Crippen LogP contribution in [0.5, 0.6) is 0 Å². The number of hydrogen-bond donors (Lipinski definition) is 2. The molecule has 0 bridgehead atoms. The van der Waals surface area contributed by atoms with Crippen LogP contribution in [0.25, 0.3) is 0 Å². The molecule has 2 heterocycles. The summed E-state index contributed by atoms with van der Waals surface area (Å²) in [7, 11) is 2.08. The van der Waals surface area contributed by atoms with Crippen molar-refractivity contribution in [2.75, 3.05) is 0 Å². The first-order valence-corrected chi connectivity index (χ1v) is 5.30. The zero-order chi connectivity index (χ0) is 10.3. The molecule has 5 heteroatoms. The summed E-state index contributed by atoms with van der Waals surface area (Å²) < 4.78 is 11.6. The van der Waals surface area contributed by atoms with Gasteiger partial charge in [-0.2, -0.15) is 5.48 Å². The van der Waals surface area contributed by atoms with Crippen LogP contribution < -0.4 is 5.48 Å². The average Bonchev–Trinajstić information content (AvgIpc) is 2.57. The lowest BCUT2D eigenvalue weighted by Gasteiger charge is -2.23. The van der Waals surface area contributed by atoms with Crippen molar-refractivity contribution >= 4 is 7.85 Å². The summed E-state index contributed by atoms with van der Waals surface area (Å²) in [5, 5.41) is 8.97. The Labute approximate surface area is 85.3 Å². The minimum Gasteiger partial charge on any atom is -0.369 e. The molecule has 2 saturated heterocycles. The smallest absolute Gasteiger partial charge is 0.135 e. The van der Waals surface area contributed by atoms with E-state index in [1.54, 1.807) is 0 Å². The lowest BCUT2D eigenvalue weighted by molar-refractivity contribution is -0.0939. The Bertz CT molecular complexity index is 204. The van der Waals surface area contributed by atoms with Crippen LogP contribution in [-0.4, -0.2) is 37.1 Å². The van der Waals surface area contributed by atoms with Crippen LogP contribution in [-0.2, 0) is 9.47 Å². The van der Waals surface area contributed by atoms with Crippen LogP contribution in [0.4, 0.5) is 0 Å². The van der Waals surface area contributed by atoms with E-state index in [-0.39, 0.29) is 30.0 Å². The maximum Gasteiger partial charge on any atom is 0.135 e. The molecule has 0 radical (unpaired) electrons. The van der Waals surface area contributed by atoms with Crippen molar-refractivity contribution in [1.82, 2.24) is 5.48 Å². The van der Waals surface area contributed by atoms with Gasteiger partial charge in [0.25, 0.3) is 0 Å². The van der Waals surface area contributed by atoms with Gasteiger partial charge in [0.05, 0.1) is 17.8 Å². The Balaban J connectivity index is 2.12. The molecule has 2 rings (SSSR count). The van der Waals surface area contributed by atoms with Gasteiger partial charge in [-0.15, -0.1) is 0 Å². The third-order valence-electron chi connectivity index (χ3n) is 3.21.